The van der Waals surface area contributed by atoms with Crippen LogP contribution in [0.1, 0.15) is 33.8 Å². The molecular weight excluding hydrogens is 332 g/mol. The molecule has 5 heteroatoms. The second-order valence-electron chi connectivity index (χ2n) is 5.96. The number of ether oxygens (including phenoxy) is 1. The number of hydrogen-bond donors (Lipinski definition) is 1. The van der Waals surface area contributed by atoms with Gasteiger partial charge in [-0.25, -0.2) is 4.98 Å². The predicted octanol–water partition coefficient (Wildman–Crippen LogP) is 5.07. The van der Waals surface area contributed by atoms with Crippen molar-refractivity contribution >= 4 is 22.4 Å². The minimum atomic E-state index is -0.197. The highest BCUT2D eigenvalue weighted by Gasteiger charge is 2.18. The van der Waals surface area contributed by atoms with Crippen LogP contribution in [0.5, 0.6) is 11.5 Å². The lowest BCUT2D eigenvalue weighted by Gasteiger charge is -2.10. The number of rotatable bonds is 4. The number of carbonyl (C=O) groups excluding carboxylic acids is 1. The molecule has 126 valence electrons. The number of aryl methyl sites for hydroxylation is 2. The summed E-state index contributed by atoms with van der Waals surface area (Å²) in [5, 5.41) is 3.60. The molecule has 0 unspecified atom stereocenters. The Bertz CT molecular complexity index is 866. The smallest absolute Gasteiger partial charge is 0.261 e. The van der Waals surface area contributed by atoms with E-state index in [2.05, 4.69) is 10.3 Å². The van der Waals surface area contributed by atoms with Crippen molar-refractivity contribution in [2.75, 3.05) is 5.32 Å². The van der Waals surface area contributed by atoms with E-state index in [1.165, 1.54) is 17.7 Å². The Balaban J connectivity index is 1.55. The topological polar surface area (TPSA) is 51.2 Å². The van der Waals surface area contributed by atoms with E-state index in [1.807, 2.05) is 42.5 Å². The summed E-state index contributed by atoms with van der Waals surface area (Å²) in [6.45, 7) is 0. The number of benzene rings is 2. The Morgan fingerprint density at radius 1 is 1.00 bits per heavy atom. The van der Waals surface area contributed by atoms with Gasteiger partial charge >= 0.3 is 0 Å². The Kier molecular flexibility index (Phi) is 4.48. The summed E-state index contributed by atoms with van der Waals surface area (Å²) in [7, 11) is 0. The third-order valence-corrected chi connectivity index (χ3v) is 5.24. The Labute approximate surface area is 150 Å². The van der Waals surface area contributed by atoms with Crippen LogP contribution in [0.2, 0.25) is 0 Å². The van der Waals surface area contributed by atoms with Gasteiger partial charge in [0.15, 0.2) is 5.13 Å². The van der Waals surface area contributed by atoms with Crippen LogP contribution in [0.15, 0.2) is 54.6 Å². The lowest BCUT2D eigenvalue weighted by Crippen LogP contribution is -2.12. The summed E-state index contributed by atoms with van der Waals surface area (Å²) in [4.78, 5) is 18.6. The summed E-state index contributed by atoms with van der Waals surface area (Å²) in [5.41, 5.74) is 1.64. The number of amides is 1. The second kappa shape index (κ2) is 7.07. The highest BCUT2D eigenvalue weighted by atomic mass is 32.1. The van der Waals surface area contributed by atoms with Crippen molar-refractivity contribution in [3.05, 3.63) is 70.7 Å². The normalized spacial score (nSPS) is 13.1. The number of para-hydroxylation sites is 2. The van der Waals surface area contributed by atoms with E-state index in [4.69, 9.17) is 4.74 Å². The maximum absolute atomic E-state index is 12.7. The number of nitrogens with zero attached hydrogens (tertiary/aromatic N) is 1. The first-order valence-corrected chi connectivity index (χ1v) is 9.23. The molecule has 3 aromatic rings. The van der Waals surface area contributed by atoms with Crippen molar-refractivity contribution < 1.29 is 9.53 Å². The number of fused-ring (bicyclic) bond motifs is 1. The molecule has 0 atom stereocenters. The zero-order valence-electron chi connectivity index (χ0n) is 13.7. The number of hydrogen-bond acceptors (Lipinski definition) is 4. The molecule has 1 N–H and O–H groups in total. The van der Waals surface area contributed by atoms with E-state index in [0.29, 0.717) is 22.2 Å². The number of nitrogens with one attached hydrogen (secondary N) is 1. The van der Waals surface area contributed by atoms with Crippen LogP contribution in [-0.2, 0) is 12.8 Å². The summed E-state index contributed by atoms with van der Waals surface area (Å²) >= 11 is 1.58. The van der Waals surface area contributed by atoms with Gasteiger partial charge in [-0.1, -0.05) is 30.3 Å². The third kappa shape index (κ3) is 3.56. The van der Waals surface area contributed by atoms with Gasteiger partial charge in [-0.15, -0.1) is 11.3 Å². The fraction of sp³-hybridized carbons (Fsp3) is 0.200. The molecule has 1 aliphatic rings. The quantitative estimate of drug-likeness (QED) is 0.715. The van der Waals surface area contributed by atoms with Gasteiger partial charge in [0.05, 0.1) is 11.3 Å². The monoisotopic (exact) mass is 350 g/mol. The zero-order chi connectivity index (χ0) is 17.1. The molecule has 1 amide bonds. The molecule has 0 saturated carbocycles. The van der Waals surface area contributed by atoms with E-state index in [0.717, 1.165) is 18.5 Å². The van der Waals surface area contributed by atoms with Gasteiger partial charge in [0.1, 0.15) is 11.5 Å². The van der Waals surface area contributed by atoms with E-state index in [-0.39, 0.29) is 5.91 Å². The highest BCUT2D eigenvalue weighted by molar-refractivity contribution is 7.15. The van der Waals surface area contributed by atoms with Crippen molar-refractivity contribution in [1.29, 1.82) is 0 Å². The van der Waals surface area contributed by atoms with E-state index >= 15 is 0 Å². The molecule has 2 aromatic carbocycles. The lowest BCUT2D eigenvalue weighted by atomic mass is 10.0. The Morgan fingerprint density at radius 2 is 1.76 bits per heavy atom. The van der Waals surface area contributed by atoms with Crippen molar-refractivity contribution in [2.45, 2.75) is 25.7 Å². The average molecular weight is 350 g/mol. The maximum Gasteiger partial charge on any atom is 0.261 e. The summed E-state index contributed by atoms with van der Waals surface area (Å²) in [5.74, 6) is 1.04. The van der Waals surface area contributed by atoms with Crippen LogP contribution in [0, 0.1) is 0 Å². The van der Waals surface area contributed by atoms with E-state index in [9.17, 15) is 4.79 Å². The first kappa shape index (κ1) is 15.8. The van der Waals surface area contributed by atoms with E-state index < -0.39 is 0 Å². The molecule has 4 nitrogen and oxygen atoms in total. The van der Waals surface area contributed by atoms with Crippen LogP contribution < -0.4 is 10.1 Å². The van der Waals surface area contributed by atoms with Crippen molar-refractivity contribution in [1.82, 2.24) is 4.98 Å². The van der Waals surface area contributed by atoms with Gasteiger partial charge in [-0.2, -0.15) is 0 Å². The molecule has 0 saturated heterocycles. The van der Waals surface area contributed by atoms with Gasteiger partial charge in [0, 0.05) is 4.88 Å². The molecule has 0 radical (unpaired) electrons. The SMILES string of the molecule is O=C(Nc1nc2c(s1)CCCC2)c1ccccc1Oc1ccccc1. The van der Waals surface area contributed by atoms with E-state index in [1.54, 1.807) is 23.5 Å². The molecule has 1 aromatic heterocycles. The van der Waals surface area contributed by atoms with Gasteiger partial charge in [-0.3, -0.25) is 10.1 Å². The number of anilines is 1. The predicted molar refractivity (Wildman–Crippen MR) is 99.7 cm³/mol. The first-order chi connectivity index (χ1) is 12.3. The second-order valence-corrected chi connectivity index (χ2v) is 7.05. The van der Waals surface area contributed by atoms with Crippen molar-refractivity contribution in [3.8, 4) is 11.5 Å². The Hall–Kier alpha value is -2.66. The molecule has 0 bridgehead atoms. The average Bonchev–Trinajstić information content (AvgIpc) is 3.05. The Morgan fingerprint density at radius 3 is 2.60 bits per heavy atom. The number of carbonyl (C=O) groups is 1. The fourth-order valence-electron chi connectivity index (χ4n) is 2.93. The number of thiazole rings is 1. The van der Waals surface area contributed by atoms with Crippen LogP contribution >= 0.6 is 11.3 Å². The van der Waals surface area contributed by atoms with Crippen LogP contribution in [-0.4, -0.2) is 10.9 Å². The standard InChI is InChI=1S/C20H18N2O2S/c23-19(22-20-21-16-11-5-7-13-18(16)25-20)15-10-4-6-12-17(15)24-14-8-2-1-3-9-14/h1-4,6,8-10,12H,5,7,11,13H2,(H,21,22,23). The van der Waals surface area contributed by atoms with Gasteiger partial charge < -0.3 is 4.74 Å². The van der Waals surface area contributed by atoms with Crippen molar-refractivity contribution in [2.24, 2.45) is 0 Å². The first-order valence-electron chi connectivity index (χ1n) is 8.41. The largest absolute Gasteiger partial charge is 0.457 e. The van der Waals surface area contributed by atoms with Gasteiger partial charge in [0.2, 0.25) is 0 Å². The third-order valence-electron chi connectivity index (χ3n) is 4.17. The van der Waals surface area contributed by atoms with Gasteiger partial charge in [0.25, 0.3) is 5.91 Å². The summed E-state index contributed by atoms with van der Waals surface area (Å²) in [6.07, 6.45) is 4.46. The molecule has 1 heterocycles. The molecule has 1 aliphatic carbocycles. The minimum Gasteiger partial charge on any atom is -0.457 e. The summed E-state index contributed by atoms with van der Waals surface area (Å²) in [6, 6.07) is 16.7. The van der Waals surface area contributed by atoms with Gasteiger partial charge in [-0.05, 0) is 49.9 Å². The van der Waals surface area contributed by atoms with Crippen LogP contribution in [0.4, 0.5) is 5.13 Å². The zero-order valence-corrected chi connectivity index (χ0v) is 14.5. The minimum absolute atomic E-state index is 0.197. The highest BCUT2D eigenvalue weighted by Crippen LogP contribution is 2.31. The molecule has 0 spiro atoms. The molecule has 0 fully saturated rings. The molecule has 4 rings (SSSR count). The molecule has 25 heavy (non-hydrogen) atoms. The number of aromatic nitrogens is 1. The maximum atomic E-state index is 12.7. The lowest BCUT2D eigenvalue weighted by molar-refractivity contribution is 0.102. The van der Waals surface area contributed by atoms with Crippen LogP contribution in [0.3, 0.4) is 0 Å². The fourth-order valence-corrected chi connectivity index (χ4v) is 3.97. The summed E-state index contributed by atoms with van der Waals surface area (Å²) < 4.78 is 5.87. The van der Waals surface area contributed by atoms with Crippen molar-refractivity contribution in [3.63, 3.8) is 0 Å². The molecular formula is C20H18N2O2S. The van der Waals surface area contributed by atoms with Crippen LogP contribution in [0.25, 0.3) is 0 Å². The molecule has 0 aliphatic heterocycles.